The lowest BCUT2D eigenvalue weighted by molar-refractivity contribution is -0.119. The van der Waals surface area contributed by atoms with Gasteiger partial charge in [-0.05, 0) is 43.3 Å². The van der Waals surface area contributed by atoms with Gasteiger partial charge in [-0.1, -0.05) is 6.92 Å². The molecular weight excluding hydrogens is 306 g/mol. The van der Waals surface area contributed by atoms with E-state index in [2.05, 4.69) is 10.6 Å². The molecule has 6 heteroatoms. The fraction of sp³-hybridized carbons (Fsp3) is 0.333. The van der Waals surface area contributed by atoms with Crippen LogP contribution in [-0.2, 0) is 11.2 Å². The molecule has 2 amide bonds. The fourth-order valence-electron chi connectivity index (χ4n) is 2.90. The van der Waals surface area contributed by atoms with E-state index in [9.17, 15) is 9.59 Å². The molecule has 0 saturated carbocycles. The van der Waals surface area contributed by atoms with Gasteiger partial charge in [-0.2, -0.15) is 0 Å². The number of fused-ring (bicyclic) bond motifs is 1. The number of carbonyl (C=O) groups excluding carboxylic acids is 2. The minimum Gasteiger partial charge on any atom is -0.472 e. The maximum atomic E-state index is 12.5. The molecule has 0 radical (unpaired) electrons. The molecule has 1 aliphatic rings. The van der Waals surface area contributed by atoms with Gasteiger partial charge < -0.3 is 20.0 Å². The van der Waals surface area contributed by atoms with Gasteiger partial charge >= 0.3 is 0 Å². The molecule has 126 valence electrons. The normalized spacial score (nSPS) is 14.3. The molecule has 2 heterocycles. The van der Waals surface area contributed by atoms with Crippen LogP contribution in [0, 0.1) is 5.92 Å². The molecule has 0 saturated heterocycles. The Labute approximate surface area is 140 Å². The number of nitrogens with one attached hydrogen (secondary N) is 2. The summed E-state index contributed by atoms with van der Waals surface area (Å²) in [5.74, 6) is -0.196. The van der Waals surface area contributed by atoms with Crippen molar-refractivity contribution in [2.45, 2.75) is 13.3 Å². The Bertz CT molecular complexity index is 740. The van der Waals surface area contributed by atoms with Gasteiger partial charge in [0.25, 0.3) is 5.91 Å². The topological polar surface area (TPSA) is 74.6 Å². The van der Waals surface area contributed by atoms with Crippen LogP contribution in [-0.4, -0.2) is 32.0 Å². The Kier molecular flexibility index (Phi) is 4.66. The fourth-order valence-corrected chi connectivity index (χ4v) is 2.90. The third kappa shape index (κ3) is 3.19. The van der Waals surface area contributed by atoms with Crippen molar-refractivity contribution in [3.8, 4) is 0 Å². The monoisotopic (exact) mass is 327 g/mol. The molecule has 3 rings (SSSR count). The summed E-state index contributed by atoms with van der Waals surface area (Å²) in [4.78, 5) is 26.3. The van der Waals surface area contributed by atoms with E-state index in [4.69, 9.17) is 4.42 Å². The van der Waals surface area contributed by atoms with Crippen LogP contribution in [0.15, 0.2) is 41.2 Å². The minimum atomic E-state index is -0.109. The summed E-state index contributed by atoms with van der Waals surface area (Å²) in [6.45, 7) is 3.14. The molecule has 0 fully saturated rings. The number of benzene rings is 1. The zero-order valence-electron chi connectivity index (χ0n) is 13.8. The van der Waals surface area contributed by atoms with Crippen LogP contribution in [0.4, 0.5) is 11.4 Å². The van der Waals surface area contributed by atoms with Gasteiger partial charge in [-0.3, -0.25) is 9.59 Å². The summed E-state index contributed by atoms with van der Waals surface area (Å²) in [5.41, 5.74) is 3.26. The number of hydrogen-bond donors (Lipinski definition) is 2. The molecule has 24 heavy (non-hydrogen) atoms. The largest absolute Gasteiger partial charge is 0.472 e. The van der Waals surface area contributed by atoms with Crippen LogP contribution < -0.4 is 15.5 Å². The highest BCUT2D eigenvalue weighted by Gasteiger charge is 2.26. The van der Waals surface area contributed by atoms with E-state index in [0.717, 1.165) is 23.4 Å². The van der Waals surface area contributed by atoms with Crippen LogP contribution in [0.2, 0.25) is 0 Å². The van der Waals surface area contributed by atoms with Crippen molar-refractivity contribution in [2.24, 2.45) is 5.92 Å². The number of amides is 2. The van der Waals surface area contributed by atoms with E-state index >= 15 is 0 Å². The maximum Gasteiger partial charge on any atom is 0.261 e. The molecule has 0 unspecified atom stereocenters. The zero-order chi connectivity index (χ0) is 17.1. The Morgan fingerprint density at radius 1 is 1.33 bits per heavy atom. The summed E-state index contributed by atoms with van der Waals surface area (Å²) >= 11 is 0. The predicted octanol–water partition coefficient (Wildman–Crippen LogP) is 2.28. The number of carbonyl (C=O) groups is 2. The van der Waals surface area contributed by atoms with Gasteiger partial charge in [0.15, 0.2) is 0 Å². The van der Waals surface area contributed by atoms with Crippen LogP contribution in [0.25, 0.3) is 0 Å². The predicted molar refractivity (Wildman–Crippen MR) is 92.3 cm³/mol. The zero-order valence-corrected chi connectivity index (χ0v) is 13.8. The van der Waals surface area contributed by atoms with E-state index in [1.807, 2.05) is 32.2 Å². The van der Waals surface area contributed by atoms with E-state index in [1.165, 1.54) is 12.5 Å². The molecule has 1 aromatic carbocycles. The SMILES string of the molecule is CNC[C@@H](C)C(=O)Nc1ccc2c(c1)CCN2C(=O)c1ccoc1. The highest BCUT2D eigenvalue weighted by molar-refractivity contribution is 6.07. The van der Waals surface area contributed by atoms with Crippen LogP contribution in [0.1, 0.15) is 22.8 Å². The lowest BCUT2D eigenvalue weighted by Gasteiger charge is -2.17. The van der Waals surface area contributed by atoms with E-state index in [0.29, 0.717) is 18.7 Å². The standard InChI is InChI=1S/C18H21N3O3/c1-12(10-19-2)17(22)20-15-3-4-16-13(9-15)5-7-21(16)18(23)14-6-8-24-11-14/h3-4,6,8-9,11-12,19H,5,7,10H2,1-2H3,(H,20,22)/t12-/m1/s1. The molecule has 2 N–H and O–H groups in total. The lowest BCUT2D eigenvalue weighted by atomic mass is 10.1. The van der Waals surface area contributed by atoms with Crippen molar-refractivity contribution in [2.75, 3.05) is 30.4 Å². The minimum absolute atomic E-state index is 0.0198. The first-order valence-corrected chi connectivity index (χ1v) is 8.02. The molecule has 0 spiro atoms. The molecule has 0 aliphatic carbocycles. The summed E-state index contributed by atoms with van der Waals surface area (Å²) in [6, 6.07) is 7.34. The van der Waals surface area contributed by atoms with Crippen LogP contribution in [0.5, 0.6) is 0 Å². The van der Waals surface area contributed by atoms with Gasteiger partial charge in [0.05, 0.1) is 11.8 Å². The third-order valence-corrected chi connectivity index (χ3v) is 4.21. The highest BCUT2D eigenvalue weighted by Crippen LogP contribution is 2.31. The molecule has 1 atom stereocenters. The van der Waals surface area contributed by atoms with Crippen molar-refractivity contribution < 1.29 is 14.0 Å². The highest BCUT2D eigenvalue weighted by atomic mass is 16.3. The van der Waals surface area contributed by atoms with Gasteiger partial charge in [-0.25, -0.2) is 0 Å². The van der Waals surface area contributed by atoms with Crippen molar-refractivity contribution in [3.05, 3.63) is 47.9 Å². The average Bonchev–Trinajstić information content (AvgIpc) is 3.24. The number of rotatable bonds is 5. The first kappa shape index (κ1) is 16.3. The van der Waals surface area contributed by atoms with Gasteiger partial charge in [-0.15, -0.1) is 0 Å². The number of anilines is 2. The van der Waals surface area contributed by atoms with Crippen molar-refractivity contribution in [1.29, 1.82) is 0 Å². The first-order valence-electron chi connectivity index (χ1n) is 8.02. The Balaban J connectivity index is 1.74. The van der Waals surface area contributed by atoms with Crippen LogP contribution >= 0.6 is 0 Å². The molecule has 2 aromatic rings. The lowest BCUT2D eigenvalue weighted by Crippen LogP contribution is -2.29. The molecule has 6 nitrogen and oxygen atoms in total. The number of nitrogens with zero attached hydrogens (tertiary/aromatic N) is 1. The average molecular weight is 327 g/mol. The molecule has 1 aromatic heterocycles. The summed E-state index contributed by atoms with van der Waals surface area (Å²) in [7, 11) is 1.82. The summed E-state index contributed by atoms with van der Waals surface area (Å²) in [5, 5.41) is 5.93. The van der Waals surface area contributed by atoms with Crippen molar-refractivity contribution in [1.82, 2.24) is 5.32 Å². The smallest absolute Gasteiger partial charge is 0.261 e. The Morgan fingerprint density at radius 3 is 2.88 bits per heavy atom. The van der Waals surface area contributed by atoms with Crippen LogP contribution in [0.3, 0.4) is 0 Å². The first-order chi connectivity index (χ1) is 11.6. The van der Waals surface area contributed by atoms with Gasteiger partial charge in [0, 0.05) is 30.4 Å². The van der Waals surface area contributed by atoms with Crippen molar-refractivity contribution in [3.63, 3.8) is 0 Å². The van der Waals surface area contributed by atoms with Gasteiger partial charge in [0.2, 0.25) is 5.91 Å². The second-order valence-corrected chi connectivity index (χ2v) is 6.01. The summed E-state index contributed by atoms with van der Waals surface area (Å²) < 4.78 is 4.99. The second-order valence-electron chi connectivity index (χ2n) is 6.01. The molecule has 0 bridgehead atoms. The quantitative estimate of drug-likeness (QED) is 0.883. The van der Waals surface area contributed by atoms with E-state index in [1.54, 1.807) is 11.0 Å². The number of furan rings is 1. The molecule has 1 aliphatic heterocycles. The Morgan fingerprint density at radius 2 is 2.17 bits per heavy atom. The van der Waals surface area contributed by atoms with E-state index in [-0.39, 0.29) is 17.7 Å². The second kappa shape index (κ2) is 6.88. The Hall–Kier alpha value is -2.60. The van der Waals surface area contributed by atoms with Gasteiger partial charge in [0.1, 0.15) is 6.26 Å². The van der Waals surface area contributed by atoms with Crippen molar-refractivity contribution >= 4 is 23.2 Å². The van der Waals surface area contributed by atoms with E-state index < -0.39 is 0 Å². The summed E-state index contributed by atoms with van der Waals surface area (Å²) in [6.07, 6.45) is 3.72. The maximum absolute atomic E-state index is 12.5. The third-order valence-electron chi connectivity index (χ3n) is 4.21. The number of hydrogen-bond acceptors (Lipinski definition) is 4. The molecular formula is C18H21N3O3.